The van der Waals surface area contributed by atoms with Crippen LogP contribution in [0.4, 0.5) is 18.9 Å². The van der Waals surface area contributed by atoms with Gasteiger partial charge in [0.05, 0.1) is 23.1 Å². The van der Waals surface area contributed by atoms with Gasteiger partial charge in [0.25, 0.3) is 5.91 Å². The molecule has 0 aliphatic heterocycles. The van der Waals surface area contributed by atoms with Crippen molar-refractivity contribution in [1.82, 2.24) is 0 Å². The molecule has 0 aliphatic rings. The lowest BCUT2D eigenvalue weighted by Gasteiger charge is -2.13. The highest BCUT2D eigenvalue weighted by atomic mass is 35.5. The number of nitrogens with one attached hydrogen (secondary N) is 1. The molecular formula is C13H9ClF3NO2. The predicted octanol–water partition coefficient (Wildman–Crippen LogP) is 4.51. The number of anilines is 1. The summed E-state index contributed by atoms with van der Waals surface area (Å²) in [6, 6.07) is 4.53. The summed E-state index contributed by atoms with van der Waals surface area (Å²) in [5, 5.41) is 2.15. The highest BCUT2D eigenvalue weighted by Crippen LogP contribution is 2.36. The van der Waals surface area contributed by atoms with E-state index in [0.717, 1.165) is 12.1 Å². The second-order valence-corrected chi connectivity index (χ2v) is 4.47. The summed E-state index contributed by atoms with van der Waals surface area (Å²) in [6.07, 6.45) is -3.32. The third kappa shape index (κ3) is 2.96. The van der Waals surface area contributed by atoms with Crippen LogP contribution in [0.3, 0.4) is 0 Å². The van der Waals surface area contributed by atoms with E-state index in [1.54, 1.807) is 6.92 Å². The number of carbonyl (C=O) groups is 1. The molecule has 0 spiro atoms. The lowest BCUT2D eigenvalue weighted by molar-refractivity contribution is -0.136. The molecule has 0 saturated heterocycles. The van der Waals surface area contributed by atoms with Crippen molar-refractivity contribution in [2.24, 2.45) is 0 Å². The van der Waals surface area contributed by atoms with Gasteiger partial charge >= 0.3 is 6.18 Å². The Bertz CT molecular complexity index is 649. The molecule has 1 aromatic heterocycles. The minimum Gasteiger partial charge on any atom is -0.469 e. The molecule has 0 bridgehead atoms. The number of rotatable bonds is 2. The molecule has 1 aromatic carbocycles. The third-order valence-electron chi connectivity index (χ3n) is 2.64. The van der Waals surface area contributed by atoms with Crippen LogP contribution in [-0.2, 0) is 6.18 Å². The monoisotopic (exact) mass is 303 g/mol. The largest absolute Gasteiger partial charge is 0.469 e. The Morgan fingerprint density at radius 3 is 2.55 bits per heavy atom. The molecule has 1 amide bonds. The summed E-state index contributed by atoms with van der Waals surface area (Å²) < 4.78 is 43.6. The van der Waals surface area contributed by atoms with Gasteiger partial charge in [0.2, 0.25) is 0 Å². The van der Waals surface area contributed by atoms with Gasteiger partial charge in [0.1, 0.15) is 5.76 Å². The Morgan fingerprint density at radius 1 is 1.30 bits per heavy atom. The van der Waals surface area contributed by atoms with Crippen LogP contribution in [0.15, 0.2) is 34.9 Å². The van der Waals surface area contributed by atoms with E-state index in [1.807, 2.05) is 0 Å². The molecule has 2 aromatic rings. The van der Waals surface area contributed by atoms with E-state index in [1.165, 1.54) is 18.4 Å². The zero-order chi connectivity index (χ0) is 14.9. The van der Waals surface area contributed by atoms with E-state index in [9.17, 15) is 18.0 Å². The Hall–Kier alpha value is -1.95. The molecule has 1 heterocycles. The van der Waals surface area contributed by atoms with Gasteiger partial charge in [-0.05, 0) is 31.2 Å². The average molecular weight is 304 g/mol. The highest BCUT2D eigenvalue weighted by molar-refractivity contribution is 6.30. The Kier molecular flexibility index (Phi) is 3.76. The van der Waals surface area contributed by atoms with Gasteiger partial charge in [-0.15, -0.1) is 0 Å². The standard InChI is InChI=1S/C13H9ClF3NO2/c1-7-9(4-5-20-7)12(19)18-11-3-2-8(14)6-10(11)13(15,16)17/h2-6H,1H3,(H,18,19). The fourth-order valence-corrected chi connectivity index (χ4v) is 1.84. The maximum atomic E-state index is 12.9. The van der Waals surface area contributed by atoms with Crippen molar-refractivity contribution in [2.45, 2.75) is 13.1 Å². The van der Waals surface area contributed by atoms with Crippen LogP contribution in [-0.4, -0.2) is 5.91 Å². The summed E-state index contributed by atoms with van der Waals surface area (Å²) in [5.74, 6) is -0.353. The summed E-state index contributed by atoms with van der Waals surface area (Å²) in [7, 11) is 0. The molecule has 3 nitrogen and oxygen atoms in total. The van der Waals surface area contributed by atoms with Gasteiger partial charge in [-0.3, -0.25) is 4.79 Å². The molecule has 7 heteroatoms. The first kappa shape index (κ1) is 14.5. The molecule has 0 unspecified atom stereocenters. The number of hydrogen-bond acceptors (Lipinski definition) is 2. The highest BCUT2D eigenvalue weighted by Gasteiger charge is 2.34. The molecule has 0 atom stereocenters. The number of carbonyl (C=O) groups excluding carboxylic acids is 1. The first-order valence-corrected chi connectivity index (χ1v) is 5.89. The number of benzene rings is 1. The zero-order valence-corrected chi connectivity index (χ0v) is 11.0. The normalized spacial score (nSPS) is 11.4. The predicted molar refractivity (Wildman–Crippen MR) is 67.9 cm³/mol. The number of halogens is 4. The van der Waals surface area contributed by atoms with Crippen molar-refractivity contribution >= 4 is 23.2 Å². The van der Waals surface area contributed by atoms with Crippen molar-refractivity contribution in [1.29, 1.82) is 0 Å². The molecule has 0 fully saturated rings. The van der Waals surface area contributed by atoms with E-state index in [-0.39, 0.29) is 16.3 Å². The van der Waals surface area contributed by atoms with Gasteiger partial charge in [-0.2, -0.15) is 13.2 Å². The first-order chi connectivity index (χ1) is 9.29. The minimum absolute atomic E-state index is 0.0604. The second kappa shape index (κ2) is 5.20. The van der Waals surface area contributed by atoms with Gasteiger partial charge < -0.3 is 9.73 Å². The van der Waals surface area contributed by atoms with Crippen LogP contribution < -0.4 is 5.32 Å². The summed E-state index contributed by atoms with van der Waals surface area (Å²) in [5.41, 5.74) is -1.18. The van der Waals surface area contributed by atoms with E-state index in [4.69, 9.17) is 16.0 Å². The van der Waals surface area contributed by atoms with Crippen LogP contribution >= 0.6 is 11.6 Å². The molecule has 20 heavy (non-hydrogen) atoms. The van der Waals surface area contributed by atoms with Crippen molar-refractivity contribution in [3.05, 3.63) is 52.4 Å². The summed E-state index contributed by atoms with van der Waals surface area (Å²) >= 11 is 5.56. The Labute approximate surface area is 117 Å². The van der Waals surface area contributed by atoms with Crippen molar-refractivity contribution in [3.63, 3.8) is 0 Å². The first-order valence-electron chi connectivity index (χ1n) is 5.51. The molecule has 0 aliphatic carbocycles. The van der Waals surface area contributed by atoms with Gasteiger partial charge in [-0.25, -0.2) is 0 Å². The van der Waals surface area contributed by atoms with Crippen molar-refractivity contribution < 1.29 is 22.4 Å². The number of hydrogen-bond donors (Lipinski definition) is 1. The number of alkyl halides is 3. The van der Waals surface area contributed by atoms with Crippen molar-refractivity contribution in [3.8, 4) is 0 Å². The third-order valence-corrected chi connectivity index (χ3v) is 2.87. The smallest absolute Gasteiger partial charge is 0.418 e. The lowest BCUT2D eigenvalue weighted by atomic mass is 10.1. The van der Waals surface area contributed by atoms with Crippen LogP contribution in [0.1, 0.15) is 21.7 Å². The van der Waals surface area contributed by atoms with Crippen LogP contribution in [0.5, 0.6) is 0 Å². The number of furan rings is 1. The van der Waals surface area contributed by atoms with Gasteiger partial charge in [0, 0.05) is 5.02 Å². The lowest BCUT2D eigenvalue weighted by Crippen LogP contribution is -2.16. The molecule has 0 saturated carbocycles. The fourth-order valence-electron chi connectivity index (χ4n) is 1.67. The Balaban J connectivity index is 2.35. The zero-order valence-electron chi connectivity index (χ0n) is 10.2. The van der Waals surface area contributed by atoms with E-state index >= 15 is 0 Å². The minimum atomic E-state index is -4.61. The maximum absolute atomic E-state index is 12.9. The Morgan fingerprint density at radius 2 is 2.00 bits per heavy atom. The second-order valence-electron chi connectivity index (χ2n) is 4.03. The van der Waals surface area contributed by atoms with Gasteiger partial charge in [0.15, 0.2) is 0 Å². The molecule has 1 N–H and O–H groups in total. The van der Waals surface area contributed by atoms with E-state index in [2.05, 4.69) is 5.32 Å². The quantitative estimate of drug-likeness (QED) is 0.886. The number of amides is 1. The van der Waals surface area contributed by atoms with Crippen molar-refractivity contribution in [2.75, 3.05) is 5.32 Å². The van der Waals surface area contributed by atoms with E-state index in [0.29, 0.717) is 5.76 Å². The maximum Gasteiger partial charge on any atom is 0.418 e. The molecule has 106 valence electrons. The van der Waals surface area contributed by atoms with Crippen LogP contribution in [0.25, 0.3) is 0 Å². The summed E-state index contributed by atoms with van der Waals surface area (Å²) in [4.78, 5) is 11.9. The fraction of sp³-hybridized carbons (Fsp3) is 0.154. The molecular weight excluding hydrogens is 295 g/mol. The van der Waals surface area contributed by atoms with Crippen LogP contribution in [0, 0.1) is 6.92 Å². The average Bonchev–Trinajstić information content (AvgIpc) is 2.76. The molecule has 2 rings (SSSR count). The van der Waals surface area contributed by atoms with E-state index < -0.39 is 17.6 Å². The SMILES string of the molecule is Cc1occc1C(=O)Nc1ccc(Cl)cc1C(F)(F)F. The molecule has 0 radical (unpaired) electrons. The van der Waals surface area contributed by atoms with Crippen LogP contribution in [0.2, 0.25) is 5.02 Å². The van der Waals surface area contributed by atoms with Gasteiger partial charge in [-0.1, -0.05) is 11.6 Å². The topological polar surface area (TPSA) is 42.2 Å². The summed E-state index contributed by atoms with van der Waals surface area (Å²) in [6.45, 7) is 1.54. The number of aryl methyl sites for hydroxylation is 1.